The summed E-state index contributed by atoms with van der Waals surface area (Å²) in [5.41, 5.74) is 1.08. The average molecular weight is 371 g/mol. The summed E-state index contributed by atoms with van der Waals surface area (Å²) in [4.78, 5) is 25.8. The van der Waals surface area contributed by atoms with E-state index in [4.69, 9.17) is 13.9 Å². The molecule has 0 spiro atoms. The Morgan fingerprint density at radius 1 is 1.15 bits per heavy atom. The molecule has 144 valence electrons. The average Bonchev–Trinajstić information content (AvgIpc) is 3.20. The Balaban J connectivity index is 1.98. The summed E-state index contributed by atoms with van der Waals surface area (Å²) in [6, 6.07) is 11.2. The van der Waals surface area contributed by atoms with E-state index in [1.54, 1.807) is 43.4 Å². The van der Waals surface area contributed by atoms with Crippen molar-refractivity contribution in [1.82, 2.24) is 4.90 Å². The largest absolute Gasteiger partial charge is 0.497 e. The van der Waals surface area contributed by atoms with Gasteiger partial charge in [0.2, 0.25) is 5.91 Å². The van der Waals surface area contributed by atoms with Gasteiger partial charge in [0.1, 0.15) is 11.5 Å². The van der Waals surface area contributed by atoms with Crippen LogP contribution in [0.4, 0.5) is 0 Å². The van der Waals surface area contributed by atoms with E-state index >= 15 is 0 Å². The van der Waals surface area contributed by atoms with Crippen LogP contribution in [0.5, 0.6) is 5.75 Å². The van der Waals surface area contributed by atoms with E-state index in [0.717, 1.165) is 11.3 Å². The number of furan rings is 1. The highest BCUT2D eigenvalue weighted by Crippen LogP contribution is 2.12. The van der Waals surface area contributed by atoms with Gasteiger partial charge in [-0.25, -0.2) is 0 Å². The summed E-state index contributed by atoms with van der Waals surface area (Å²) in [6.45, 7) is 2.89. The molecule has 0 saturated heterocycles. The van der Waals surface area contributed by atoms with E-state index in [9.17, 15) is 9.59 Å². The minimum atomic E-state index is -0.310. The number of rotatable bonds is 10. The third-order valence-electron chi connectivity index (χ3n) is 3.97. The number of esters is 1. The molecule has 6 nitrogen and oxygen atoms in total. The van der Waals surface area contributed by atoms with Crippen molar-refractivity contribution in [3.8, 4) is 5.75 Å². The van der Waals surface area contributed by atoms with Gasteiger partial charge >= 0.3 is 5.97 Å². The van der Waals surface area contributed by atoms with E-state index in [1.165, 1.54) is 6.08 Å². The molecule has 0 radical (unpaired) electrons. The Bertz CT molecular complexity index is 734. The van der Waals surface area contributed by atoms with Gasteiger partial charge in [0.25, 0.3) is 0 Å². The first-order valence-electron chi connectivity index (χ1n) is 8.91. The number of carbonyl (C=O) groups is 2. The molecule has 1 aromatic carbocycles. The van der Waals surface area contributed by atoms with Crippen molar-refractivity contribution < 1.29 is 23.5 Å². The zero-order valence-electron chi connectivity index (χ0n) is 15.7. The van der Waals surface area contributed by atoms with Crippen LogP contribution in [0.25, 0.3) is 6.08 Å². The lowest BCUT2D eigenvalue weighted by molar-refractivity contribution is -0.143. The highest BCUT2D eigenvalue weighted by atomic mass is 16.5. The summed E-state index contributed by atoms with van der Waals surface area (Å²) in [6.07, 6.45) is 5.46. The number of amides is 1. The first-order chi connectivity index (χ1) is 13.1. The maximum absolute atomic E-state index is 12.6. The number of benzene rings is 1. The molecule has 0 saturated carbocycles. The number of nitrogens with zero attached hydrogens (tertiary/aromatic N) is 1. The third kappa shape index (κ3) is 7.01. The van der Waals surface area contributed by atoms with E-state index < -0.39 is 0 Å². The molecular formula is C21H25NO5. The molecule has 0 fully saturated rings. The molecule has 0 aliphatic rings. The fourth-order valence-corrected chi connectivity index (χ4v) is 2.49. The second-order valence-electron chi connectivity index (χ2n) is 5.83. The van der Waals surface area contributed by atoms with Crippen LogP contribution < -0.4 is 4.74 Å². The topological polar surface area (TPSA) is 69.0 Å². The van der Waals surface area contributed by atoms with Crippen molar-refractivity contribution in [3.63, 3.8) is 0 Å². The van der Waals surface area contributed by atoms with E-state index in [1.807, 2.05) is 24.3 Å². The van der Waals surface area contributed by atoms with Gasteiger partial charge in [0.05, 0.1) is 26.4 Å². The van der Waals surface area contributed by atoms with Crippen LogP contribution in [0, 0.1) is 0 Å². The Kier molecular flexibility index (Phi) is 8.16. The van der Waals surface area contributed by atoms with Crippen LogP contribution in [0.1, 0.15) is 24.7 Å². The molecular weight excluding hydrogens is 346 g/mol. The normalized spacial score (nSPS) is 10.7. The van der Waals surface area contributed by atoms with Crippen molar-refractivity contribution in [2.45, 2.75) is 19.8 Å². The standard InChI is InChI=1S/C21H25NO5/c1-3-26-21(24)13-15-22(20(23)11-10-19-5-4-16-27-19)14-12-17-6-8-18(25-2)9-7-17/h4-11,16H,3,12-15H2,1-2H3/b11-10+. The van der Waals surface area contributed by atoms with Crippen LogP contribution in [0.15, 0.2) is 53.2 Å². The Labute approximate surface area is 159 Å². The Hall–Kier alpha value is -3.02. The van der Waals surface area contributed by atoms with Crippen LogP contribution in [-0.4, -0.2) is 43.6 Å². The molecule has 0 atom stereocenters. The summed E-state index contributed by atoms with van der Waals surface area (Å²) >= 11 is 0. The highest BCUT2D eigenvalue weighted by Gasteiger charge is 2.14. The van der Waals surface area contributed by atoms with Gasteiger partial charge in [0.15, 0.2) is 0 Å². The third-order valence-corrected chi connectivity index (χ3v) is 3.97. The molecule has 0 aliphatic carbocycles. The molecule has 0 N–H and O–H groups in total. The monoisotopic (exact) mass is 371 g/mol. The predicted molar refractivity (Wildman–Crippen MR) is 102 cm³/mol. The van der Waals surface area contributed by atoms with Crippen LogP contribution >= 0.6 is 0 Å². The summed E-state index contributed by atoms with van der Waals surface area (Å²) < 4.78 is 15.3. The van der Waals surface area contributed by atoms with Crippen LogP contribution in [-0.2, 0) is 20.7 Å². The Morgan fingerprint density at radius 3 is 2.56 bits per heavy atom. The van der Waals surface area contributed by atoms with E-state index in [2.05, 4.69) is 0 Å². The maximum atomic E-state index is 12.6. The molecule has 27 heavy (non-hydrogen) atoms. The predicted octanol–water partition coefficient (Wildman–Crippen LogP) is 3.33. The fraction of sp³-hybridized carbons (Fsp3) is 0.333. The zero-order chi connectivity index (χ0) is 19.5. The van der Waals surface area contributed by atoms with Crippen molar-refractivity contribution >= 4 is 18.0 Å². The number of hydrogen-bond donors (Lipinski definition) is 0. The van der Waals surface area contributed by atoms with Crippen LogP contribution in [0.2, 0.25) is 0 Å². The smallest absolute Gasteiger partial charge is 0.307 e. The molecule has 1 aromatic heterocycles. The highest BCUT2D eigenvalue weighted by molar-refractivity contribution is 5.91. The molecule has 6 heteroatoms. The number of ether oxygens (including phenoxy) is 2. The van der Waals surface area contributed by atoms with Crippen molar-refractivity contribution in [2.75, 3.05) is 26.8 Å². The van der Waals surface area contributed by atoms with E-state index in [-0.39, 0.29) is 18.3 Å². The lowest BCUT2D eigenvalue weighted by Crippen LogP contribution is -2.33. The minimum Gasteiger partial charge on any atom is -0.497 e. The van der Waals surface area contributed by atoms with Crippen molar-refractivity contribution in [3.05, 3.63) is 60.1 Å². The second kappa shape index (κ2) is 10.9. The molecule has 0 bridgehead atoms. The molecule has 0 unspecified atom stereocenters. The number of methoxy groups -OCH3 is 1. The van der Waals surface area contributed by atoms with Gasteiger partial charge < -0.3 is 18.8 Å². The van der Waals surface area contributed by atoms with Gasteiger partial charge in [-0.2, -0.15) is 0 Å². The van der Waals surface area contributed by atoms with Crippen LogP contribution in [0.3, 0.4) is 0 Å². The van der Waals surface area contributed by atoms with Gasteiger partial charge in [-0.3, -0.25) is 9.59 Å². The van der Waals surface area contributed by atoms with Crippen molar-refractivity contribution in [1.29, 1.82) is 0 Å². The van der Waals surface area contributed by atoms with E-state index in [0.29, 0.717) is 31.9 Å². The van der Waals surface area contributed by atoms with Crippen molar-refractivity contribution in [2.24, 2.45) is 0 Å². The molecule has 2 aromatic rings. The number of hydrogen-bond acceptors (Lipinski definition) is 5. The first kappa shape index (κ1) is 20.3. The summed E-state index contributed by atoms with van der Waals surface area (Å²) in [5, 5.41) is 0. The molecule has 2 rings (SSSR count). The van der Waals surface area contributed by atoms with Gasteiger partial charge in [-0.1, -0.05) is 12.1 Å². The summed E-state index contributed by atoms with van der Waals surface area (Å²) in [7, 11) is 1.62. The zero-order valence-corrected chi connectivity index (χ0v) is 15.7. The van der Waals surface area contributed by atoms with Gasteiger partial charge in [-0.15, -0.1) is 0 Å². The lowest BCUT2D eigenvalue weighted by atomic mass is 10.1. The quantitative estimate of drug-likeness (QED) is 0.473. The fourth-order valence-electron chi connectivity index (χ4n) is 2.49. The molecule has 1 heterocycles. The van der Waals surface area contributed by atoms with Gasteiger partial charge in [-0.05, 0) is 49.2 Å². The first-order valence-corrected chi connectivity index (χ1v) is 8.91. The molecule has 0 aliphatic heterocycles. The minimum absolute atomic E-state index is 0.163. The van der Waals surface area contributed by atoms with Gasteiger partial charge in [0, 0.05) is 19.2 Å². The Morgan fingerprint density at radius 2 is 1.93 bits per heavy atom. The second-order valence-corrected chi connectivity index (χ2v) is 5.83. The SMILES string of the molecule is CCOC(=O)CCN(CCc1ccc(OC)cc1)C(=O)/C=C/c1ccco1. The number of carbonyl (C=O) groups excluding carboxylic acids is 2. The lowest BCUT2D eigenvalue weighted by Gasteiger charge is -2.21. The summed E-state index contributed by atoms with van der Waals surface area (Å²) in [5.74, 6) is 0.901. The maximum Gasteiger partial charge on any atom is 0.307 e. The molecule has 1 amide bonds.